The van der Waals surface area contributed by atoms with Crippen LogP contribution >= 0.6 is 11.7 Å². The second-order valence-corrected chi connectivity index (χ2v) is 8.89. The second-order valence-electron chi connectivity index (χ2n) is 6.68. The zero-order chi connectivity index (χ0) is 19.0. The molecule has 1 aromatic carbocycles. The van der Waals surface area contributed by atoms with Gasteiger partial charge in [0, 0.05) is 6.20 Å². The third kappa shape index (κ3) is 3.43. The van der Waals surface area contributed by atoms with Gasteiger partial charge in [0.2, 0.25) is 10.0 Å². The van der Waals surface area contributed by atoms with Crippen molar-refractivity contribution < 1.29 is 8.42 Å². The minimum atomic E-state index is -3.82. The van der Waals surface area contributed by atoms with Crippen molar-refractivity contribution in [1.82, 2.24) is 28.1 Å². The standard InChI is InChI=1S/C17H18N6O2S2/c1-11(2)10-13(17-19-18-15-8-3-4-9-23(15)17)22-27(24,25)14-7-5-6-12-16(14)21-26-20-12/h3-9,11,13,22H,10H2,1-2H3/t13-/m1/s1. The van der Waals surface area contributed by atoms with E-state index in [-0.39, 0.29) is 10.8 Å². The Balaban J connectivity index is 1.77. The molecule has 0 radical (unpaired) electrons. The Morgan fingerprint density at radius 3 is 2.78 bits per heavy atom. The fourth-order valence-corrected chi connectivity index (χ4v) is 5.00. The van der Waals surface area contributed by atoms with Crippen molar-refractivity contribution in [3.8, 4) is 0 Å². The Kier molecular flexibility index (Phi) is 4.62. The number of sulfonamides is 1. The van der Waals surface area contributed by atoms with E-state index in [2.05, 4.69) is 23.7 Å². The molecule has 8 nitrogen and oxygen atoms in total. The number of aromatic nitrogens is 5. The highest BCUT2D eigenvalue weighted by molar-refractivity contribution is 7.89. The van der Waals surface area contributed by atoms with E-state index in [1.165, 1.54) is 0 Å². The van der Waals surface area contributed by atoms with Gasteiger partial charge in [-0.05, 0) is 36.6 Å². The number of nitrogens with zero attached hydrogens (tertiary/aromatic N) is 5. The van der Waals surface area contributed by atoms with Crippen molar-refractivity contribution in [2.45, 2.75) is 31.2 Å². The number of hydrogen-bond donors (Lipinski definition) is 1. The zero-order valence-corrected chi connectivity index (χ0v) is 16.4. The van der Waals surface area contributed by atoms with Crippen molar-refractivity contribution >= 4 is 38.4 Å². The Hall–Kier alpha value is -2.43. The number of nitrogens with one attached hydrogen (secondary N) is 1. The van der Waals surface area contributed by atoms with Gasteiger partial charge in [-0.15, -0.1) is 10.2 Å². The molecule has 27 heavy (non-hydrogen) atoms. The van der Waals surface area contributed by atoms with Gasteiger partial charge < -0.3 is 0 Å². The van der Waals surface area contributed by atoms with Crippen molar-refractivity contribution in [3.05, 3.63) is 48.4 Å². The quantitative estimate of drug-likeness (QED) is 0.532. The van der Waals surface area contributed by atoms with Crippen LogP contribution in [0.25, 0.3) is 16.7 Å². The van der Waals surface area contributed by atoms with E-state index >= 15 is 0 Å². The number of fused-ring (bicyclic) bond motifs is 2. The summed E-state index contributed by atoms with van der Waals surface area (Å²) in [6, 6.07) is 10.00. The van der Waals surface area contributed by atoms with Gasteiger partial charge in [0.25, 0.3) is 0 Å². The summed E-state index contributed by atoms with van der Waals surface area (Å²) in [7, 11) is -3.82. The van der Waals surface area contributed by atoms with E-state index in [9.17, 15) is 8.42 Å². The Labute approximate surface area is 160 Å². The van der Waals surface area contributed by atoms with E-state index in [1.54, 1.807) is 22.6 Å². The van der Waals surface area contributed by atoms with Crippen LogP contribution in [0.15, 0.2) is 47.5 Å². The van der Waals surface area contributed by atoms with Gasteiger partial charge in [0.15, 0.2) is 11.5 Å². The monoisotopic (exact) mass is 402 g/mol. The molecule has 3 heterocycles. The molecule has 0 fully saturated rings. The maximum Gasteiger partial charge on any atom is 0.243 e. The molecule has 140 valence electrons. The van der Waals surface area contributed by atoms with Crippen LogP contribution < -0.4 is 4.72 Å². The smallest absolute Gasteiger partial charge is 0.243 e. The largest absolute Gasteiger partial charge is 0.285 e. The minimum Gasteiger partial charge on any atom is -0.285 e. The van der Waals surface area contributed by atoms with Crippen LogP contribution in [-0.2, 0) is 10.0 Å². The summed E-state index contributed by atoms with van der Waals surface area (Å²) in [5.74, 6) is 0.817. The molecule has 0 aliphatic rings. The van der Waals surface area contributed by atoms with E-state index in [1.807, 2.05) is 38.2 Å². The molecule has 0 aliphatic carbocycles. The summed E-state index contributed by atoms with van der Waals surface area (Å²) in [4.78, 5) is 0.122. The summed E-state index contributed by atoms with van der Waals surface area (Å²) in [6.45, 7) is 4.07. The van der Waals surface area contributed by atoms with Gasteiger partial charge in [0.1, 0.15) is 15.9 Å². The van der Waals surface area contributed by atoms with Crippen LogP contribution in [0.5, 0.6) is 0 Å². The Morgan fingerprint density at radius 2 is 1.96 bits per heavy atom. The molecule has 0 unspecified atom stereocenters. The van der Waals surface area contributed by atoms with Crippen molar-refractivity contribution in [2.24, 2.45) is 5.92 Å². The Bertz CT molecular complexity index is 1200. The molecule has 4 rings (SSSR count). The average Bonchev–Trinajstić information content (AvgIpc) is 3.27. The molecule has 0 bridgehead atoms. The van der Waals surface area contributed by atoms with Crippen molar-refractivity contribution in [1.29, 1.82) is 0 Å². The van der Waals surface area contributed by atoms with Gasteiger partial charge in [-0.2, -0.15) is 8.75 Å². The van der Waals surface area contributed by atoms with E-state index < -0.39 is 16.1 Å². The van der Waals surface area contributed by atoms with E-state index in [0.29, 0.717) is 28.9 Å². The summed E-state index contributed by atoms with van der Waals surface area (Å²) >= 11 is 0.994. The first kappa shape index (κ1) is 18.0. The molecule has 0 amide bonds. The zero-order valence-electron chi connectivity index (χ0n) is 14.8. The molecule has 3 aromatic heterocycles. The first-order valence-corrected chi connectivity index (χ1v) is 10.7. The summed E-state index contributed by atoms with van der Waals surface area (Å²) in [5, 5.41) is 8.39. The molecule has 0 aliphatic heterocycles. The Morgan fingerprint density at radius 1 is 1.11 bits per heavy atom. The maximum atomic E-state index is 13.1. The third-order valence-electron chi connectivity index (χ3n) is 4.19. The number of hydrogen-bond acceptors (Lipinski definition) is 7. The number of benzene rings is 1. The van der Waals surface area contributed by atoms with E-state index in [4.69, 9.17) is 0 Å². The summed E-state index contributed by atoms with van der Waals surface area (Å²) < 4.78 is 39.1. The summed E-state index contributed by atoms with van der Waals surface area (Å²) in [5.41, 5.74) is 1.62. The topological polar surface area (TPSA) is 102 Å². The maximum absolute atomic E-state index is 13.1. The highest BCUT2D eigenvalue weighted by atomic mass is 32.2. The summed E-state index contributed by atoms with van der Waals surface area (Å²) in [6.07, 6.45) is 2.41. The lowest BCUT2D eigenvalue weighted by Gasteiger charge is -2.19. The molecule has 0 saturated heterocycles. The van der Waals surface area contributed by atoms with E-state index in [0.717, 1.165) is 11.7 Å². The van der Waals surface area contributed by atoms with Gasteiger partial charge in [-0.25, -0.2) is 13.1 Å². The lowest BCUT2D eigenvalue weighted by Crippen LogP contribution is -2.31. The predicted octanol–water partition coefficient (Wildman–Crippen LogP) is 2.80. The highest BCUT2D eigenvalue weighted by Crippen LogP contribution is 2.26. The lowest BCUT2D eigenvalue weighted by atomic mass is 10.0. The van der Waals surface area contributed by atoms with Crippen molar-refractivity contribution in [2.75, 3.05) is 0 Å². The molecule has 1 atom stereocenters. The normalized spacial score (nSPS) is 13.6. The van der Waals surface area contributed by atoms with Crippen LogP contribution in [-0.4, -0.2) is 31.8 Å². The molecule has 0 spiro atoms. The van der Waals surface area contributed by atoms with Gasteiger partial charge in [0.05, 0.1) is 17.8 Å². The van der Waals surface area contributed by atoms with Crippen LogP contribution in [0.2, 0.25) is 0 Å². The predicted molar refractivity (Wildman–Crippen MR) is 103 cm³/mol. The van der Waals surface area contributed by atoms with Crippen LogP contribution in [0, 0.1) is 5.92 Å². The highest BCUT2D eigenvalue weighted by Gasteiger charge is 2.28. The molecular weight excluding hydrogens is 384 g/mol. The number of rotatable bonds is 6. The third-order valence-corrected chi connectivity index (χ3v) is 6.24. The average molecular weight is 403 g/mol. The minimum absolute atomic E-state index is 0.122. The first-order valence-electron chi connectivity index (χ1n) is 8.49. The van der Waals surface area contributed by atoms with Crippen LogP contribution in [0.1, 0.15) is 32.1 Å². The molecule has 1 N–H and O–H groups in total. The van der Waals surface area contributed by atoms with Gasteiger partial charge >= 0.3 is 0 Å². The molecular formula is C17H18N6O2S2. The number of pyridine rings is 1. The first-order chi connectivity index (χ1) is 13.0. The second kappa shape index (κ2) is 6.95. The fraction of sp³-hybridized carbons (Fsp3) is 0.294. The fourth-order valence-electron chi connectivity index (χ4n) is 3.02. The van der Waals surface area contributed by atoms with Crippen molar-refractivity contribution in [3.63, 3.8) is 0 Å². The molecule has 0 saturated carbocycles. The SMILES string of the molecule is CC(C)C[C@@H](NS(=O)(=O)c1cccc2nsnc12)c1nnc2ccccn12. The van der Waals surface area contributed by atoms with Crippen LogP contribution in [0.3, 0.4) is 0 Å². The van der Waals surface area contributed by atoms with Crippen LogP contribution in [0.4, 0.5) is 0 Å². The van der Waals surface area contributed by atoms with Gasteiger partial charge in [-0.3, -0.25) is 4.40 Å². The lowest BCUT2D eigenvalue weighted by molar-refractivity contribution is 0.454. The molecule has 4 aromatic rings. The molecule has 10 heteroatoms. The van der Waals surface area contributed by atoms with Gasteiger partial charge in [-0.1, -0.05) is 26.0 Å².